The van der Waals surface area contributed by atoms with E-state index in [2.05, 4.69) is 45.0 Å². The standard InChI is InChI=1S/C48H53ClN8O6S/c1-30(2)26-51-27-33(25-50)45-42(35-14-15-39(44(49)31(35)3)61-23-22-57-20-18-56(4)19-21-57)43-41(28-53-45)64-55-47(43)63-40(48(58)59)24-32-10-6-8-12-37(32)62-29-34-16-17-52-46(54-34)36-11-7-9-13-38(36)60-5/h6-17,25,27-28,30,40H,18-24,26,29,50H2,1-5H3,(H,58,59)/b33-25+,51-27?/t40-/m1/s1. The highest BCUT2D eigenvalue weighted by atomic mass is 35.5. The molecule has 4 heterocycles. The van der Waals surface area contributed by atoms with Gasteiger partial charge in [-0.05, 0) is 78.4 Å². The third-order valence-electron chi connectivity index (χ3n) is 10.9. The summed E-state index contributed by atoms with van der Waals surface area (Å²) in [7, 11) is 3.74. The van der Waals surface area contributed by atoms with Crippen molar-refractivity contribution in [1.82, 2.24) is 29.1 Å². The molecule has 0 unspecified atom stereocenters. The van der Waals surface area contributed by atoms with E-state index in [4.69, 9.17) is 46.3 Å². The second-order valence-electron chi connectivity index (χ2n) is 15.9. The molecular formula is C48H53ClN8O6S. The molecule has 1 aliphatic heterocycles. The van der Waals surface area contributed by atoms with Gasteiger partial charge >= 0.3 is 5.97 Å². The number of hydrogen-bond donors (Lipinski definition) is 2. The minimum absolute atomic E-state index is 0.0329. The van der Waals surface area contributed by atoms with Gasteiger partial charge in [-0.25, -0.2) is 14.8 Å². The third kappa shape index (κ3) is 11.0. The highest BCUT2D eigenvalue weighted by molar-refractivity contribution is 7.13. The van der Waals surface area contributed by atoms with Gasteiger partial charge in [0.1, 0.15) is 30.5 Å². The number of benzene rings is 3. The number of allylic oxidation sites excluding steroid dienone is 1. The van der Waals surface area contributed by atoms with Crippen molar-refractivity contribution in [3.8, 4) is 45.6 Å². The lowest BCUT2D eigenvalue weighted by atomic mass is 9.93. The summed E-state index contributed by atoms with van der Waals surface area (Å²) < 4.78 is 29.8. The molecular weight excluding hydrogens is 852 g/mol. The number of pyridine rings is 1. The van der Waals surface area contributed by atoms with Crippen LogP contribution in [0.25, 0.3) is 38.2 Å². The van der Waals surface area contributed by atoms with Gasteiger partial charge in [0.25, 0.3) is 0 Å². The molecule has 0 aliphatic carbocycles. The number of nitrogens with zero attached hydrogens (tertiary/aromatic N) is 7. The summed E-state index contributed by atoms with van der Waals surface area (Å²) in [5, 5.41) is 11.7. The predicted octanol–water partition coefficient (Wildman–Crippen LogP) is 8.09. The van der Waals surface area contributed by atoms with Crippen molar-refractivity contribution in [2.75, 3.05) is 60.0 Å². The van der Waals surface area contributed by atoms with E-state index in [1.54, 1.807) is 37.9 Å². The highest BCUT2D eigenvalue weighted by Crippen LogP contribution is 2.45. The normalized spacial score (nSPS) is 14.3. The summed E-state index contributed by atoms with van der Waals surface area (Å²) in [6, 6.07) is 20.3. The molecule has 64 heavy (non-hydrogen) atoms. The van der Waals surface area contributed by atoms with E-state index in [0.717, 1.165) is 60.9 Å². The lowest BCUT2D eigenvalue weighted by Gasteiger charge is -2.32. The first kappa shape index (κ1) is 45.9. The number of piperazine rings is 1. The van der Waals surface area contributed by atoms with Gasteiger partial charge in [0.2, 0.25) is 12.0 Å². The summed E-state index contributed by atoms with van der Waals surface area (Å²) >= 11 is 8.26. The predicted molar refractivity (Wildman–Crippen MR) is 253 cm³/mol. The number of carbonyl (C=O) groups is 1. The molecule has 7 rings (SSSR count). The molecule has 0 radical (unpaired) electrons. The molecule has 0 spiro atoms. The van der Waals surface area contributed by atoms with Gasteiger partial charge in [-0.3, -0.25) is 14.9 Å². The van der Waals surface area contributed by atoms with E-state index < -0.39 is 12.1 Å². The summed E-state index contributed by atoms with van der Waals surface area (Å²) in [5.41, 5.74) is 11.5. The second kappa shape index (κ2) is 21.5. The van der Waals surface area contributed by atoms with E-state index in [-0.39, 0.29) is 18.9 Å². The van der Waals surface area contributed by atoms with Crippen LogP contribution in [-0.4, -0.2) is 113 Å². The van der Waals surface area contributed by atoms with E-state index in [9.17, 15) is 9.90 Å². The van der Waals surface area contributed by atoms with Crippen LogP contribution >= 0.6 is 23.1 Å². The van der Waals surface area contributed by atoms with E-state index in [0.29, 0.717) is 85.3 Å². The van der Waals surface area contributed by atoms with Crippen LogP contribution in [0.3, 0.4) is 0 Å². The second-order valence-corrected chi connectivity index (χ2v) is 17.1. The average Bonchev–Trinajstić information content (AvgIpc) is 3.71. The number of likely N-dealkylation sites (N-methyl/N-ethyl adjacent to an activating group) is 1. The summed E-state index contributed by atoms with van der Waals surface area (Å²) in [4.78, 5) is 36.4. The first-order chi connectivity index (χ1) is 31.0. The zero-order chi connectivity index (χ0) is 45.2. The minimum atomic E-state index is -1.35. The monoisotopic (exact) mass is 904 g/mol. The maximum absolute atomic E-state index is 13.1. The first-order valence-electron chi connectivity index (χ1n) is 21.1. The summed E-state index contributed by atoms with van der Waals surface area (Å²) in [6.07, 6.45) is 5.15. The Balaban J connectivity index is 1.19. The van der Waals surface area contributed by atoms with Gasteiger partial charge in [-0.1, -0.05) is 61.8 Å². The van der Waals surface area contributed by atoms with Crippen LogP contribution in [0.15, 0.2) is 90.3 Å². The first-order valence-corrected chi connectivity index (χ1v) is 22.3. The number of aliphatic imine (C=N–C) groups is 1. The lowest BCUT2D eigenvalue weighted by Crippen LogP contribution is -2.45. The molecule has 0 saturated carbocycles. The molecule has 16 heteroatoms. The molecule has 3 N–H and O–H groups in total. The lowest BCUT2D eigenvalue weighted by molar-refractivity contribution is -0.145. The smallest absolute Gasteiger partial charge is 0.345 e. The number of methoxy groups -OCH3 is 1. The Kier molecular flexibility index (Phi) is 15.4. The molecule has 1 aliphatic rings. The molecule has 6 aromatic rings. The number of para-hydroxylation sites is 2. The molecule has 334 valence electrons. The van der Waals surface area contributed by atoms with E-state index in [1.807, 2.05) is 61.5 Å². The molecule has 1 saturated heterocycles. The molecule has 3 aromatic heterocycles. The highest BCUT2D eigenvalue weighted by Gasteiger charge is 2.28. The van der Waals surface area contributed by atoms with Crippen LogP contribution in [0.1, 0.15) is 36.4 Å². The zero-order valence-corrected chi connectivity index (χ0v) is 38.2. The van der Waals surface area contributed by atoms with Crippen molar-refractivity contribution >= 4 is 51.0 Å². The zero-order valence-electron chi connectivity index (χ0n) is 36.7. The Labute approximate surface area is 382 Å². The van der Waals surface area contributed by atoms with Crippen LogP contribution in [0, 0.1) is 12.8 Å². The number of nitrogens with two attached hydrogens (primary N) is 1. The van der Waals surface area contributed by atoms with Gasteiger partial charge in [0, 0.05) is 81.6 Å². The van der Waals surface area contributed by atoms with Gasteiger partial charge in [-0.15, -0.1) is 0 Å². The Morgan fingerprint density at radius 1 is 0.984 bits per heavy atom. The van der Waals surface area contributed by atoms with E-state index in [1.165, 1.54) is 6.20 Å². The fourth-order valence-corrected chi connectivity index (χ4v) is 8.25. The average molecular weight is 906 g/mol. The van der Waals surface area contributed by atoms with Crippen LogP contribution in [0.2, 0.25) is 5.02 Å². The van der Waals surface area contributed by atoms with Gasteiger partial charge in [0.15, 0.2) is 5.82 Å². The molecule has 1 fully saturated rings. The number of ether oxygens (including phenoxy) is 4. The Hall–Kier alpha value is -6.13. The van der Waals surface area contributed by atoms with Gasteiger partial charge in [-0.2, -0.15) is 4.37 Å². The number of hydrogen-bond acceptors (Lipinski definition) is 14. The van der Waals surface area contributed by atoms with Crippen molar-refractivity contribution in [3.05, 3.63) is 113 Å². The molecule has 0 bridgehead atoms. The maximum atomic E-state index is 13.1. The minimum Gasteiger partial charge on any atom is -0.496 e. The van der Waals surface area contributed by atoms with Gasteiger partial charge < -0.3 is 34.7 Å². The van der Waals surface area contributed by atoms with Crippen molar-refractivity contribution in [2.24, 2.45) is 16.6 Å². The van der Waals surface area contributed by atoms with Crippen LogP contribution in [0.5, 0.6) is 23.1 Å². The number of halogens is 1. The Morgan fingerprint density at radius 2 is 1.75 bits per heavy atom. The number of carboxylic acid groups (broad SMARTS) is 1. The fraction of sp³-hybridized carbons (Fsp3) is 0.333. The van der Waals surface area contributed by atoms with Gasteiger partial charge in [0.05, 0.1) is 39.2 Å². The number of carboxylic acids is 1. The van der Waals surface area contributed by atoms with Crippen molar-refractivity contribution in [3.63, 3.8) is 0 Å². The van der Waals surface area contributed by atoms with E-state index >= 15 is 0 Å². The topological polar surface area (TPSA) is 171 Å². The molecule has 1 atom stereocenters. The third-order valence-corrected chi connectivity index (χ3v) is 12.1. The molecule has 14 nitrogen and oxygen atoms in total. The van der Waals surface area contributed by atoms with Crippen molar-refractivity contribution < 1.29 is 28.8 Å². The summed E-state index contributed by atoms with van der Waals surface area (Å²) in [5.74, 6) is 1.48. The fourth-order valence-electron chi connectivity index (χ4n) is 7.33. The number of aromatic nitrogens is 4. The molecule has 3 aromatic carbocycles. The molecule has 0 amide bonds. The Bertz CT molecular complexity index is 2630. The quantitative estimate of drug-likeness (QED) is 0.0749. The summed E-state index contributed by atoms with van der Waals surface area (Å²) in [6.45, 7) is 12.1. The maximum Gasteiger partial charge on any atom is 0.345 e. The number of fused-ring (bicyclic) bond motifs is 1. The van der Waals surface area contributed by atoms with Crippen molar-refractivity contribution in [2.45, 2.75) is 39.9 Å². The Morgan fingerprint density at radius 3 is 2.50 bits per heavy atom. The van der Waals surface area contributed by atoms with Crippen LogP contribution in [0.4, 0.5) is 0 Å². The number of aliphatic carboxylic acids is 1. The van der Waals surface area contributed by atoms with Crippen LogP contribution < -0.4 is 24.7 Å². The van der Waals surface area contributed by atoms with Crippen molar-refractivity contribution in [1.29, 1.82) is 0 Å². The largest absolute Gasteiger partial charge is 0.496 e. The number of rotatable bonds is 19. The van der Waals surface area contributed by atoms with Crippen LogP contribution in [-0.2, 0) is 17.8 Å². The SMILES string of the molecule is COc1ccccc1-c1nccc(COc2ccccc2C[C@@H](Oc2nsc3cnc(/C(C=NCC(C)C)=C/N)c(-c4ccc(OCCN5CCN(C)CC5)c(Cl)c4C)c23)C(=O)O)n1.